The lowest BCUT2D eigenvalue weighted by Gasteiger charge is -2.36. The van der Waals surface area contributed by atoms with Gasteiger partial charge in [0.25, 0.3) is 0 Å². The van der Waals surface area contributed by atoms with Gasteiger partial charge in [-0.05, 0) is 61.6 Å². The third-order valence-corrected chi connectivity index (χ3v) is 4.77. The van der Waals surface area contributed by atoms with Crippen molar-refractivity contribution in [1.29, 1.82) is 0 Å². The molecule has 1 saturated heterocycles. The fourth-order valence-corrected chi connectivity index (χ4v) is 3.31. The first-order valence-electron chi connectivity index (χ1n) is 7.67. The van der Waals surface area contributed by atoms with Crippen LogP contribution < -0.4 is 5.73 Å². The Morgan fingerprint density at radius 3 is 2.63 bits per heavy atom. The lowest BCUT2D eigenvalue weighted by molar-refractivity contribution is 0.182. The molecule has 2 heteroatoms. The summed E-state index contributed by atoms with van der Waals surface area (Å²) in [6, 6.07) is 7.28. The van der Waals surface area contributed by atoms with Crippen molar-refractivity contribution in [3.8, 4) is 0 Å². The maximum Gasteiger partial charge on any atom is 0.0174 e. The number of likely N-dealkylation sites (tertiary alicyclic amines) is 1. The summed E-state index contributed by atoms with van der Waals surface area (Å²) >= 11 is 0. The molecule has 0 spiro atoms. The van der Waals surface area contributed by atoms with Crippen LogP contribution in [0.15, 0.2) is 18.2 Å². The molecule has 1 aliphatic heterocycles. The topological polar surface area (TPSA) is 29.3 Å². The largest absolute Gasteiger partial charge is 0.327 e. The zero-order valence-electron chi connectivity index (χ0n) is 12.2. The van der Waals surface area contributed by atoms with Crippen LogP contribution in [0, 0.1) is 19.8 Å². The van der Waals surface area contributed by atoms with E-state index in [2.05, 4.69) is 36.9 Å². The summed E-state index contributed by atoms with van der Waals surface area (Å²) in [5.74, 6) is 1.59. The van der Waals surface area contributed by atoms with Crippen LogP contribution in [0.4, 0.5) is 0 Å². The molecule has 3 rings (SSSR count). The van der Waals surface area contributed by atoms with Crippen LogP contribution in [0.25, 0.3) is 0 Å². The van der Waals surface area contributed by atoms with Crippen molar-refractivity contribution in [2.75, 3.05) is 19.6 Å². The Balaban J connectivity index is 1.72. The molecule has 0 radical (unpaired) electrons. The second kappa shape index (κ2) is 5.26. The molecule has 2 fully saturated rings. The van der Waals surface area contributed by atoms with Gasteiger partial charge in [-0.1, -0.05) is 18.2 Å². The highest BCUT2D eigenvalue weighted by Gasteiger charge is 2.30. The average molecular weight is 258 g/mol. The van der Waals surface area contributed by atoms with E-state index in [0.717, 1.165) is 18.9 Å². The minimum absolute atomic E-state index is 0.346. The molecule has 1 heterocycles. The Hall–Kier alpha value is -0.860. The van der Waals surface area contributed by atoms with Crippen molar-refractivity contribution < 1.29 is 0 Å². The first kappa shape index (κ1) is 13.1. The normalized spacial score (nSPS) is 28.6. The molecule has 2 aliphatic rings. The lowest BCUT2D eigenvalue weighted by Crippen LogP contribution is -2.46. The second-order valence-electron chi connectivity index (χ2n) is 6.70. The first-order valence-corrected chi connectivity index (χ1v) is 7.67. The molecule has 1 aromatic rings. The highest BCUT2D eigenvalue weighted by Crippen LogP contribution is 2.33. The Labute approximate surface area is 117 Å². The molecule has 0 bridgehead atoms. The van der Waals surface area contributed by atoms with Gasteiger partial charge in [-0.25, -0.2) is 0 Å². The van der Waals surface area contributed by atoms with Gasteiger partial charge in [0.05, 0.1) is 0 Å². The van der Waals surface area contributed by atoms with Gasteiger partial charge in [-0.2, -0.15) is 0 Å². The summed E-state index contributed by atoms with van der Waals surface area (Å²) in [5.41, 5.74) is 10.6. The van der Waals surface area contributed by atoms with Crippen LogP contribution >= 0.6 is 0 Å². The van der Waals surface area contributed by atoms with Gasteiger partial charge in [0.2, 0.25) is 0 Å². The molecule has 1 aliphatic carbocycles. The van der Waals surface area contributed by atoms with Gasteiger partial charge in [-0.15, -0.1) is 0 Å². The van der Waals surface area contributed by atoms with Crippen LogP contribution in [0.5, 0.6) is 0 Å². The highest BCUT2D eigenvalue weighted by atomic mass is 15.2. The van der Waals surface area contributed by atoms with Gasteiger partial charge in [0.1, 0.15) is 0 Å². The Bertz CT molecular complexity index is 449. The predicted molar refractivity (Wildman–Crippen MR) is 80.4 cm³/mol. The van der Waals surface area contributed by atoms with Crippen LogP contribution in [0.1, 0.15) is 41.9 Å². The monoisotopic (exact) mass is 258 g/mol. The van der Waals surface area contributed by atoms with Crippen molar-refractivity contribution >= 4 is 0 Å². The Kier molecular flexibility index (Phi) is 3.64. The molecule has 1 aromatic carbocycles. The SMILES string of the molecule is Cc1ccc(C2CC(N)CN(CC3CC3)C2)cc1C. The number of benzene rings is 1. The molecule has 19 heavy (non-hydrogen) atoms. The quantitative estimate of drug-likeness (QED) is 0.903. The highest BCUT2D eigenvalue weighted by molar-refractivity contribution is 5.32. The third-order valence-electron chi connectivity index (χ3n) is 4.77. The van der Waals surface area contributed by atoms with E-state index in [-0.39, 0.29) is 0 Å². The van der Waals surface area contributed by atoms with Crippen LogP contribution in [-0.4, -0.2) is 30.6 Å². The van der Waals surface area contributed by atoms with Crippen molar-refractivity contribution in [2.24, 2.45) is 11.7 Å². The fourth-order valence-electron chi connectivity index (χ4n) is 3.31. The van der Waals surface area contributed by atoms with Gasteiger partial charge in [-0.3, -0.25) is 0 Å². The van der Waals surface area contributed by atoms with Crippen molar-refractivity contribution in [2.45, 2.75) is 45.1 Å². The molecular formula is C17H26N2. The Morgan fingerprint density at radius 2 is 1.95 bits per heavy atom. The summed E-state index contributed by atoms with van der Waals surface area (Å²) in [4.78, 5) is 2.60. The van der Waals surface area contributed by atoms with E-state index in [1.54, 1.807) is 0 Å². The van der Waals surface area contributed by atoms with E-state index in [9.17, 15) is 0 Å². The van der Waals surface area contributed by atoms with Crippen LogP contribution in [-0.2, 0) is 0 Å². The number of hydrogen-bond acceptors (Lipinski definition) is 2. The molecule has 0 amide bonds. The standard InChI is InChI=1S/C17H26N2/c1-12-3-6-15(7-13(12)2)16-8-17(18)11-19(10-16)9-14-4-5-14/h3,6-7,14,16-17H,4-5,8-11,18H2,1-2H3. The van der Waals surface area contributed by atoms with E-state index in [4.69, 9.17) is 5.73 Å². The van der Waals surface area contributed by atoms with Crippen molar-refractivity contribution in [1.82, 2.24) is 4.90 Å². The van der Waals surface area contributed by atoms with E-state index in [1.807, 2.05) is 0 Å². The van der Waals surface area contributed by atoms with Gasteiger partial charge in [0, 0.05) is 25.7 Å². The molecule has 2 N–H and O–H groups in total. The summed E-state index contributed by atoms with van der Waals surface area (Å²) < 4.78 is 0. The van der Waals surface area contributed by atoms with Crippen molar-refractivity contribution in [3.05, 3.63) is 34.9 Å². The maximum absolute atomic E-state index is 6.28. The van der Waals surface area contributed by atoms with Gasteiger partial charge < -0.3 is 10.6 Å². The van der Waals surface area contributed by atoms with E-state index in [1.165, 1.54) is 42.6 Å². The molecule has 2 nitrogen and oxygen atoms in total. The van der Waals surface area contributed by atoms with E-state index < -0.39 is 0 Å². The Morgan fingerprint density at radius 1 is 1.16 bits per heavy atom. The summed E-state index contributed by atoms with van der Waals surface area (Å²) in [7, 11) is 0. The molecule has 2 atom stereocenters. The minimum atomic E-state index is 0.346. The smallest absolute Gasteiger partial charge is 0.0174 e. The van der Waals surface area contributed by atoms with Crippen molar-refractivity contribution in [3.63, 3.8) is 0 Å². The number of nitrogens with zero attached hydrogens (tertiary/aromatic N) is 1. The van der Waals surface area contributed by atoms with Gasteiger partial charge >= 0.3 is 0 Å². The molecule has 104 valence electrons. The molecule has 0 aromatic heterocycles. The lowest BCUT2D eigenvalue weighted by atomic mass is 9.87. The van der Waals surface area contributed by atoms with Crippen LogP contribution in [0.2, 0.25) is 0 Å². The van der Waals surface area contributed by atoms with E-state index >= 15 is 0 Å². The minimum Gasteiger partial charge on any atom is -0.327 e. The van der Waals surface area contributed by atoms with E-state index in [0.29, 0.717) is 12.0 Å². The number of hydrogen-bond donors (Lipinski definition) is 1. The zero-order valence-corrected chi connectivity index (χ0v) is 12.2. The number of nitrogens with two attached hydrogens (primary N) is 1. The fraction of sp³-hybridized carbons (Fsp3) is 0.647. The maximum atomic E-state index is 6.28. The summed E-state index contributed by atoms with van der Waals surface area (Å²) in [5, 5.41) is 0. The molecule has 2 unspecified atom stereocenters. The van der Waals surface area contributed by atoms with Gasteiger partial charge in [0.15, 0.2) is 0 Å². The summed E-state index contributed by atoms with van der Waals surface area (Å²) in [6.45, 7) is 7.97. The predicted octanol–water partition coefficient (Wildman–Crippen LogP) is 2.83. The number of piperidine rings is 1. The second-order valence-corrected chi connectivity index (χ2v) is 6.70. The zero-order chi connectivity index (χ0) is 13.4. The number of aryl methyl sites for hydroxylation is 2. The number of rotatable bonds is 3. The first-order chi connectivity index (χ1) is 9.11. The van der Waals surface area contributed by atoms with Crippen LogP contribution in [0.3, 0.4) is 0 Å². The summed E-state index contributed by atoms with van der Waals surface area (Å²) in [6.07, 6.45) is 4.00. The third kappa shape index (κ3) is 3.18. The molecule has 1 saturated carbocycles. The molecular weight excluding hydrogens is 232 g/mol. The average Bonchev–Trinajstić information content (AvgIpc) is 3.16.